The second-order valence-electron chi connectivity index (χ2n) is 5.55. The molecule has 0 unspecified atom stereocenters. The molecule has 142 valence electrons. The lowest BCUT2D eigenvalue weighted by molar-refractivity contribution is -0.385. The van der Waals surface area contributed by atoms with Crippen molar-refractivity contribution in [2.45, 2.75) is 0 Å². The van der Waals surface area contributed by atoms with Gasteiger partial charge in [0.15, 0.2) is 5.11 Å². The number of nitrogens with one attached hydrogen (secondary N) is 1. The minimum absolute atomic E-state index is 0.0801. The van der Waals surface area contributed by atoms with E-state index in [1.54, 1.807) is 24.3 Å². The summed E-state index contributed by atoms with van der Waals surface area (Å²) in [6.07, 6.45) is 1.06. The molecular weight excluding hydrogens is 474 g/mol. The van der Waals surface area contributed by atoms with Crippen molar-refractivity contribution in [1.82, 2.24) is 5.32 Å². The van der Waals surface area contributed by atoms with Gasteiger partial charge in [-0.25, -0.2) is 0 Å². The number of carbonyl (C=O) groups excluding carboxylic acids is 2. The maximum Gasteiger partial charge on any atom is 0.312 e. The number of aromatic hydroxyl groups is 1. The molecule has 0 aromatic heterocycles. The van der Waals surface area contributed by atoms with Crippen LogP contribution in [0.15, 0.2) is 46.4 Å². The zero-order valence-electron chi connectivity index (χ0n) is 13.7. The number of nitro groups is 1. The van der Waals surface area contributed by atoms with Gasteiger partial charge in [-0.1, -0.05) is 27.5 Å². The second-order valence-corrected chi connectivity index (χ2v) is 7.29. The molecule has 0 bridgehead atoms. The maximum atomic E-state index is 12.9. The largest absolute Gasteiger partial charge is 0.502 e. The first kappa shape index (κ1) is 19.9. The third kappa shape index (κ3) is 3.75. The Labute approximate surface area is 176 Å². The fourth-order valence-corrected chi connectivity index (χ4v) is 3.36. The minimum Gasteiger partial charge on any atom is -0.502 e. The Hall–Kier alpha value is -2.82. The molecule has 1 heterocycles. The lowest BCUT2D eigenvalue weighted by Gasteiger charge is -2.29. The van der Waals surface area contributed by atoms with Gasteiger partial charge in [-0.3, -0.25) is 29.9 Å². The lowest BCUT2D eigenvalue weighted by Crippen LogP contribution is -2.54. The van der Waals surface area contributed by atoms with Gasteiger partial charge in [-0.2, -0.15) is 0 Å². The fraction of sp³-hybridized carbons (Fsp3) is 0. The van der Waals surface area contributed by atoms with Crippen LogP contribution in [-0.2, 0) is 9.59 Å². The molecule has 2 amide bonds. The second kappa shape index (κ2) is 7.66. The van der Waals surface area contributed by atoms with E-state index in [4.69, 9.17) is 23.8 Å². The third-order valence-electron chi connectivity index (χ3n) is 3.77. The quantitative estimate of drug-likeness (QED) is 0.227. The van der Waals surface area contributed by atoms with Crippen LogP contribution in [0.3, 0.4) is 0 Å². The van der Waals surface area contributed by atoms with Gasteiger partial charge < -0.3 is 5.11 Å². The number of carbonyl (C=O) groups is 2. The summed E-state index contributed by atoms with van der Waals surface area (Å²) in [5.74, 6) is -2.21. The van der Waals surface area contributed by atoms with Crippen LogP contribution in [-0.4, -0.2) is 27.0 Å². The Balaban J connectivity index is 2.09. The molecule has 28 heavy (non-hydrogen) atoms. The van der Waals surface area contributed by atoms with E-state index >= 15 is 0 Å². The molecule has 11 heteroatoms. The number of phenolic OH excluding ortho intramolecular Hbond substituents is 1. The van der Waals surface area contributed by atoms with Crippen molar-refractivity contribution in [3.8, 4) is 5.75 Å². The van der Waals surface area contributed by atoms with E-state index in [-0.39, 0.29) is 20.7 Å². The van der Waals surface area contributed by atoms with Crippen molar-refractivity contribution in [1.29, 1.82) is 0 Å². The summed E-state index contributed by atoms with van der Waals surface area (Å²) < 4.78 is 0.289. The molecule has 2 aromatic carbocycles. The summed E-state index contributed by atoms with van der Waals surface area (Å²) in [6, 6.07) is 8.64. The highest BCUT2D eigenvalue weighted by Crippen LogP contribution is 2.35. The average Bonchev–Trinajstić information content (AvgIpc) is 2.62. The van der Waals surface area contributed by atoms with Crippen LogP contribution in [0.25, 0.3) is 6.08 Å². The topological polar surface area (TPSA) is 113 Å². The van der Waals surface area contributed by atoms with E-state index in [0.717, 1.165) is 17.0 Å². The number of hydrogen-bond acceptors (Lipinski definition) is 6. The number of nitrogens with zero attached hydrogens (tertiary/aromatic N) is 2. The normalized spacial score (nSPS) is 15.7. The molecule has 1 aliphatic heterocycles. The van der Waals surface area contributed by atoms with Gasteiger partial charge in [0.25, 0.3) is 11.8 Å². The molecule has 8 nitrogen and oxygen atoms in total. The van der Waals surface area contributed by atoms with Crippen molar-refractivity contribution >= 4 is 74.1 Å². The van der Waals surface area contributed by atoms with Crippen LogP contribution in [0.1, 0.15) is 5.56 Å². The predicted octanol–water partition coefficient (Wildman–Crippen LogP) is 3.55. The van der Waals surface area contributed by atoms with Crippen LogP contribution >= 0.6 is 39.7 Å². The van der Waals surface area contributed by atoms with E-state index in [1.807, 2.05) is 0 Å². The number of rotatable bonds is 3. The standard InChI is InChI=1S/C17H9BrClN3O5S/c18-9-5-8(14(23)13(7-9)22(26)27)6-12-15(24)20-17(28)21(16(12)25)11-3-1-10(19)2-4-11/h1-7,23H,(H,20,24,28)/b12-6+. The summed E-state index contributed by atoms with van der Waals surface area (Å²) in [5.41, 5.74) is -0.639. The molecule has 0 atom stereocenters. The molecule has 0 aliphatic carbocycles. The molecule has 0 spiro atoms. The Morgan fingerprint density at radius 2 is 1.89 bits per heavy atom. The molecule has 3 rings (SSSR count). The van der Waals surface area contributed by atoms with Crippen LogP contribution in [0.2, 0.25) is 5.02 Å². The first-order valence-corrected chi connectivity index (χ1v) is 9.11. The maximum absolute atomic E-state index is 12.9. The van der Waals surface area contributed by atoms with Crippen LogP contribution in [0.4, 0.5) is 11.4 Å². The van der Waals surface area contributed by atoms with E-state index < -0.39 is 28.2 Å². The van der Waals surface area contributed by atoms with E-state index in [1.165, 1.54) is 6.07 Å². The number of thiocarbonyl (C=S) groups is 1. The zero-order chi connectivity index (χ0) is 20.6. The molecule has 1 aliphatic rings. The molecule has 0 radical (unpaired) electrons. The van der Waals surface area contributed by atoms with Crippen molar-refractivity contribution in [3.05, 3.63) is 67.1 Å². The molecule has 1 saturated heterocycles. The smallest absolute Gasteiger partial charge is 0.312 e. The highest BCUT2D eigenvalue weighted by molar-refractivity contribution is 9.10. The molecule has 0 saturated carbocycles. The van der Waals surface area contributed by atoms with Crippen molar-refractivity contribution < 1.29 is 19.6 Å². The SMILES string of the molecule is O=C1NC(=S)N(c2ccc(Cl)cc2)C(=O)/C1=C/c1cc(Br)cc([N+](=O)[O-])c1O. The Morgan fingerprint density at radius 1 is 1.25 bits per heavy atom. The summed E-state index contributed by atoms with van der Waals surface area (Å²) in [5, 5.41) is 23.9. The van der Waals surface area contributed by atoms with Crippen LogP contribution in [0, 0.1) is 10.1 Å². The molecule has 2 aromatic rings. The molecule has 1 fully saturated rings. The van der Waals surface area contributed by atoms with E-state index in [0.29, 0.717) is 10.7 Å². The fourth-order valence-electron chi connectivity index (χ4n) is 2.49. The van der Waals surface area contributed by atoms with E-state index in [9.17, 15) is 24.8 Å². The van der Waals surface area contributed by atoms with Gasteiger partial charge >= 0.3 is 5.69 Å². The third-order valence-corrected chi connectivity index (χ3v) is 4.76. The van der Waals surface area contributed by atoms with Gasteiger partial charge in [-0.05, 0) is 48.6 Å². The summed E-state index contributed by atoms with van der Waals surface area (Å²) in [7, 11) is 0. The van der Waals surface area contributed by atoms with Gasteiger partial charge in [0.05, 0.1) is 10.6 Å². The number of phenols is 1. The Morgan fingerprint density at radius 3 is 2.50 bits per heavy atom. The molecular formula is C17H9BrClN3O5S. The summed E-state index contributed by atoms with van der Waals surface area (Å²) >= 11 is 14.0. The van der Waals surface area contributed by atoms with Crippen molar-refractivity contribution in [2.75, 3.05) is 4.90 Å². The minimum atomic E-state index is -0.790. The van der Waals surface area contributed by atoms with Gasteiger partial charge in [-0.15, -0.1) is 0 Å². The number of halogens is 2. The summed E-state index contributed by atoms with van der Waals surface area (Å²) in [4.78, 5) is 36.6. The highest BCUT2D eigenvalue weighted by atomic mass is 79.9. The van der Waals surface area contributed by atoms with Gasteiger partial charge in [0, 0.05) is 21.1 Å². The van der Waals surface area contributed by atoms with E-state index in [2.05, 4.69) is 21.2 Å². The first-order chi connectivity index (χ1) is 13.2. The number of amides is 2. The lowest BCUT2D eigenvalue weighted by atomic mass is 10.1. The van der Waals surface area contributed by atoms with Crippen LogP contribution in [0.5, 0.6) is 5.75 Å². The first-order valence-electron chi connectivity index (χ1n) is 7.53. The average molecular weight is 483 g/mol. The number of nitro benzene ring substituents is 1. The number of anilines is 1. The Bertz CT molecular complexity index is 1070. The summed E-state index contributed by atoms with van der Waals surface area (Å²) in [6.45, 7) is 0. The van der Waals surface area contributed by atoms with Crippen molar-refractivity contribution in [2.24, 2.45) is 0 Å². The predicted molar refractivity (Wildman–Crippen MR) is 110 cm³/mol. The molecule has 2 N–H and O–H groups in total. The Kier molecular flexibility index (Phi) is 5.45. The zero-order valence-corrected chi connectivity index (χ0v) is 16.8. The number of hydrogen-bond donors (Lipinski definition) is 2. The van der Waals surface area contributed by atoms with Crippen LogP contribution < -0.4 is 10.2 Å². The monoisotopic (exact) mass is 481 g/mol. The van der Waals surface area contributed by atoms with Gasteiger partial charge in [0.2, 0.25) is 5.75 Å². The number of benzene rings is 2. The van der Waals surface area contributed by atoms with Gasteiger partial charge in [0.1, 0.15) is 5.57 Å². The van der Waals surface area contributed by atoms with Crippen molar-refractivity contribution in [3.63, 3.8) is 0 Å². The highest BCUT2D eigenvalue weighted by Gasteiger charge is 2.35.